The van der Waals surface area contributed by atoms with Crippen molar-refractivity contribution in [1.29, 1.82) is 0 Å². The molecule has 6 nitrogen and oxygen atoms in total. The van der Waals surface area contributed by atoms with E-state index in [0.29, 0.717) is 0 Å². The van der Waals surface area contributed by atoms with Gasteiger partial charge in [0.15, 0.2) is 0 Å². The molecule has 4 rings (SSSR count). The number of urea groups is 1. The fraction of sp³-hybridized carbons (Fsp3) is 0.0952. The van der Waals surface area contributed by atoms with Gasteiger partial charge >= 0.3 is 6.03 Å². The predicted octanol–water partition coefficient (Wildman–Crippen LogP) is 3.74. The summed E-state index contributed by atoms with van der Waals surface area (Å²) in [5.41, 5.74) is 1.52. The number of halogens is 1. The number of nitrogens with one attached hydrogen (secondary N) is 3. The monoisotopic (exact) mass is 437 g/mol. The van der Waals surface area contributed by atoms with E-state index in [9.17, 15) is 14.4 Å². The molecule has 0 spiro atoms. The van der Waals surface area contributed by atoms with Crippen LogP contribution >= 0.6 is 15.9 Å². The molecule has 1 aliphatic heterocycles. The second kappa shape index (κ2) is 7.44. The maximum Gasteiger partial charge on any atom is 0.328 e. The Bertz CT molecular complexity index is 1060. The number of anilines is 1. The third kappa shape index (κ3) is 3.61. The topological polar surface area (TPSA) is 87.3 Å². The first-order valence-electron chi connectivity index (χ1n) is 8.68. The van der Waals surface area contributed by atoms with E-state index >= 15 is 0 Å². The lowest BCUT2D eigenvalue weighted by Crippen LogP contribution is -2.58. The molecule has 3 aromatic rings. The molecule has 0 bridgehead atoms. The zero-order valence-electron chi connectivity index (χ0n) is 14.6. The smallest absolute Gasteiger partial charge is 0.328 e. The van der Waals surface area contributed by atoms with Crippen molar-refractivity contribution in [2.75, 3.05) is 5.32 Å². The van der Waals surface area contributed by atoms with E-state index in [1.807, 2.05) is 66.7 Å². The highest BCUT2D eigenvalue weighted by molar-refractivity contribution is 9.10. The van der Waals surface area contributed by atoms with Crippen molar-refractivity contribution in [3.05, 3.63) is 76.8 Å². The van der Waals surface area contributed by atoms with Crippen LogP contribution in [-0.4, -0.2) is 17.8 Å². The Morgan fingerprint density at radius 1 is 0.821 bits per heavy atom. The number of imide groups is 2. The number of hydrogen-bond acceptors (Lipinski definition) is 4. The number of benzene rings is 3. The van der Waals surface area contributed by atoms with Gasteiger partial charge in [0.05, 0.1) is 6.04 Å². The lowest BCUT2D eigenvalue weighted by molar-refractivity contribution is -0.136. The number of barbiturate groups is 1. The van der Waals surface area contributed by atoms with Crippen molar-refractivity contribution in [1.82, 2.24) is 10.6 Å². The minimum Gasteiger partial charge on any atom is -0.377 e. The van der Waals surface area contributed by atoms with Crippen LogP contribution in [0.15, 0.2) is 71.2 Å². The molecular formula is C21H16BrN3O3. The summed E-state index contributed by atoms with van der Waals surface area (Å²) in [5, 5.41) is 9.79. The molecule has 0 aliphatic carbocycles. The predicted molar refractivity (Wildman–Crippen MR) is 110 cm³/mol. The van der Waals surface area contributed by atoms with Gasteiger partial charge in [0.1, 0.15) is 5.92 Å². The van der Waals surface area contributed by atoms with E-state index in [1.165, 1.54) is 0 Å². The fourth-order valence-corrected chi connectivity index (χ4v) is 3.58. The standard InChI is InChI=1S/C21H16BrN3O3/c22-15-8-5-13(6-9-15)18(17-19(26)24-21(28)25-20(17)27)23-16-10-7-12-3-1-2-4-14(12)11-16/h1-11,17-18,23H,(H2,24,25,26,27,28). The molecule has 1 aliphatic rings. The molecule has 1 saturated heterocycles. The highest BCUT2D eigenvalue weighted by Gasteiger charge is 2.41. The van der Waals surface area contributed by atoms with Gasteiger partial charge in [0, 0.05) is 10.2 Å². The van der Waals surface area contributed by atoms with Gasteiger partial charge in [-0.1, -0.05) is 58.4 Å². The molecular weight excluding hydrogens is 422 g/mol. The Morgan fingerprint density at radius 3 is 2.14 bits per heavy atom. The van der Waals surface area contributed by atoms with Gasteiger partial charge in [-0.05, 0) is 40.6 Å². The first-order valence-corrected chi connectivity index (χ1v) is 9.47. The van der Waals surface area contributed by atoms with E-state index in [0.717, 1.165) is 26.5 Å². The Hall–Kier alpha value is -3.19. The summed E-state index contributed by atoms with van der Waals surface area (Å²) in [5.74, 6) is -2.35. The Morgan fingerprint density at radius 2 is 1.46 bits per heavy atom. The molecule has 1 fully saturated rings. The van der Waals surface area contributed by atoms with Gasteiger partial charge in [0.25, 0.3) is 0 Å². The number of amides is 4. The maximum absolute atomic E-state index is 12.5. The lowest BCUT2D eigenvalue weighted by atomic mass is 9.90. The second-order valence-corrected chi connectivity index (χ2v) is 7.44. The molecule has 1 heterocycles. The number of fused-ring (bicyclic) bond motifs is 1. The molecule has 4 amide bonds. The average Bonchev–Trinajstić information content (AvgIpc) is 2.67. The maximum atomic E-state index is 12.5. The van der Waals surface area contributed by atoms with Crippen LogP contribution in [-0.2, 0) is 9.59 Å². The number of carbonyl (C=O) groups is 3. The Labute approximate surface area is 169 Å². The van der Waals surface area contributed by atoms with E-state index in [2.05, 4.69) is 31.9 Å². The summed E-state index contributed by atoms with van der Waals surface area (Å²) in [6.07, 6.45) is 0. The minimum atomic E-state index is -1.09. The first-order chi connectivity index (χ1) is 13.5. The van der Waals surface area contributed by atoms with Crippen molar-refractivity contribution in [2.24, 2.45) is 5.92 Å². The summed E-state index contributed by atoms with van der Waals surface area (Å²) >= 11 is 3.39. The SMILES string of the molecule is O=C1NC(=O)C(C(Nc2ccc3ccccc3c2)c2ccc(Br)cc2)C(=O)N1. The van der Waals surface area contributed by atoms with Gasteiger partial charge in [0.2, 0.25) is 11.8 Å². The molecule has 140 valence electrons. The van der Waals surface area contributed by atoms with Crippen molar-refractivity contribution >= 4 is 50.2 Å². The van der Waals surface area contributed by atoms with Crippen LogP contribution in [0.25, 0.3) is 10.8 Å². The second-order valence-electron chi connectivity index (χ2n) is 6.52. The third-order valence-corrected chi connectivity index (χ3v) is 5.20. The fourth-order valence-electron chi connectivity index (χ4n) is 3.32. The van der Waals surface area contributed by atoms with Crippen LogP contribution in [0.1, 0.15) is 11.6 Å². The van der Waals surface area contributed by atoms with Gasteiger partial charge in [-0.15, -0.1) is 0 Å². The van der Waals surface area contributed by atoms with Crippen molar-refractivity contribution in [3.8, 4) is 0 Å². The molecule has 28 heavy (non-hydrogen) atoms. The van der Waals surface area contributed by atoms with Gasteiger partial charge in [-0.2, -0.15) is 0 Å². The molecule has 0 radical (unpaired) electrons. The van der Waals surface area contributed by atoms with Crippen molar-refractivity contribution in [3.63, 3.8) is 0 Å². The Balaban J connectivity index is 1.73. The highest BCUT2D eigenvalue weighted by atomic mass is 79.9. The van der Waals surface area contributed by atoms with Gasteiger partial charge in [-0.3, -0.25) is 20.2 Å². The quantitative estimate of drug-likeness (QED) is 0.542. The van der Waals surface area contributed by atoms with Crippen molar-refractivity contribution in [2.45, 2.75) is 6.04 Å². The number of rotatable bonds is 4. The molecule has 0 saturated carbocycles. The van der Waals surface area contributed by atoms with Crippen LogP contribution in [0.5, 0.6) is 0 Å². The van der Waals surface area contributed by atoms with E-state index in [4.69, 9.17) is 0 Å². The van der Waals surface area contributed by atoms with Crippen LogP contribution in [0, 0.1) is 5.92 Å². The lowest BCUT2D eigenvalue weighted by Gasteiger charge is -2.30. The zero-order chi connectivity index (χ0) is 19.7. The number of carbonyl (C=O) groups excluding carboxylic acids is 3. The van der Waals surface area contributed by atoms with Crippen molar-refractivity contribution < 1.29 is 14.4 Å². The summed E-state index contributed by atoms with van der Waals surface area (Å²) in [7, 11) is 0. The summed E-state index contributed by atoms with van der Waals surface area (Å²) in [6.45, 7) is 0. The molecule has 1 unspecified atom stereocenters. The average molecular weight is 438 g/mol. The minimum absolute atomic E-state index is 0.630. The summed E-state index contributed by atoms with van der Waals surface area (Å²) in [6, 6.07) is 19.7. The zero-order valence-corrected chi connectivity index (χ0v) is 16.2. The first kappa shape index (κ1) is 18.2. The van der Waals surface area contributed by atoms with Gasteiger partial charge < -0.3 is 5.32 Å². The molecule has 1 atom stereocenters. The van der Waals surface area contributed by atoms with Crippen LogP contribution in [0.4, 0.5) is 10.5 Å². The van der Waals surface area contributed by atoms with E-state index in [1.54, 1.807) is 0 Å². The Kier molecular flexibility index (Phi) is 4.83. The molecule has 3 N–H and O–H groups in total. The largest absolute Gasteiger partial charge is 0.377 e. The van der Waals surface area contributed by atoms with Crippen LogP contribution < -0.4 is 16.0 Å². The highest BCUT2D eigenvalue weighted by Crippen LogP contribution is 2.31. The molecule has 3 aromatic carbocycles. The van der Waals surface area contributed by atoms with Crippen LogP contribution in [0.3, 0.4) is 0 Å². The summed E-state index contributed by atoms with van der Waals surface area (Å²) in [4.78, 5) is 36.4. The summed E-state index contributed by atoms with van der Waals surface area (Å²) < 4.78 is 0.883. The van der Waals surface area contributed by atoms with Gasteiger partial charge in [-0.25, -0.2) is 4.79 Å². The molecule has 7 heteroatoms. The van der Waals surface area contributed by atoms with E-state index < -0.39 is 29.8 Å². The third-order valence-electron chi connectivity index (χ3n) is 4.67. The van der Waals surface area contributed by atoms with E-state index in [-0.39, 0.29) is 0 Å². The van der Waals surface area contributed by atoms with Crippen LogP contribution in [0.2, 0.25) is 0 Å². The number of hydrogen-bond donors (Lipinski definition) is 3. The molecule has 0 aromatic heterocycles. The normalized spacial score (nSPS) is 15.8.